The minimum absolute atomic E-state index is 0.844. The van der Waals surface area contributed by atoms with Gasteiger partial charge in [0.2, 0.25) is 0 Å². The lowest BCUT2D eigenvalue weighted by molar-refractivity contribution is 0.878. The summed E-state index contributed by atoms with van der Waals surface area (Å²) in [5, 5.41) is 24.2. The molecule has 1 aromatic carbocycles. The molecular weight excluding hydrogens is 259 g/mol. The molecule has 0 unspecified atom stereocenters. The van der Waals surface area contributed by atoms with Gasteiger partial charge in [-0.1, -0.05) is 30.3 Å². The molecule has 0 saturated heterocycles. The van der Waals surface area contributed by atoms with Crippen LogP contribution in [0.25, 0.3) is 0 Å². The van der Waals surface area contributed by atoms with Gasteiger partial charge in [-0.25, -0.2) is 0 Å². The maximum absolute atomic E-state index is 4.11. The molecule has 2 heterocycles. The third-order valence-corrected chi connectivity index (χ3v) is 4.66. The number of hydrogen-bond acceptors (Lipinski definition) is 6. The van der Waals surface area contributed by atoms with Crippen molar-refractivity contribution >= 4 is 24.1 Å². The molecule has 92 valence electrons. The fourth-order valence-electron chi connectivity index (χ4n) is 1.67. The quantitative estimate of drug-likeness (QED) is 0.613. The molecule has 0 aliphatic rings. The lowest BCUT2D eigenvalue weighted by Gasteiger charge is -2.14. The Hall–Kier alpha value is -2.33. The highest BCUT2D eigenvalue weighted by atomic mass is 31.1. The minimum Gasteiger partial charge on any atom is -0.139 e. The maximum Gasteiger partial charge on any atom is 0.0997 e. The molecule has 19 heavy (non-hydrogen) atoms. The van der Waals surface area contributed by atoms with Gasteiger partial charge in [-0.3, -0.25) is 0 Å². The van der Waals surface area contributed by atoms with Gasteiger partial charge in [0.15, 0.2) is 0 Å². The van der Waals surface area contributed by atoms with Crippen molar-refractivity contribution in [3.05, 3.63) is 54.9 Å². The van der Waals surface area contributed by atoms with Crippen molar-refractivity contribution in [3.8, 4) is 0 Å². The number of aromatic nitrogens is 6. The maximum atomic E-state index is 4.11. The Morgan fingerprint density at radius 1 is 0.684 bits per heavy atom. The van der Waals surface area contributed by atoms with Crippen LogP contribution in [-0.2, 0) is 0 Å². The number of rotatable bonds is 3. The molecule has 0 atom stereocenters. The molecule has 3 rings (SSSR count). The van der Waals surface area contributed by atoms with Crippen molar-refractivity contribution in [1.82, 2.24) is 30.8 Å². The first-order valence-corrected chi connectivity index (χ1v) is 6.93. The van der Waals surface area contributed by atoms with Gasteiger partial charge in [0.05, 0.1) is 23.3 Å². The van der Waals surface area contributed by atoms with Gasteiger partial charge >= 0.3 is 0 Å². The van der Waals surface area contributed by atoms with E-state index in [1.54, 1.807) is 12.4 Å². The summed E-state index contributed by atoms with van der Waals surface area (Å²) in [5.74, 6) is 0. The van der Waals surface area contributed by atoms with Gasteiger partial charge < -0.3 is 0 Å². The lowest BCUT2D eigenvalue weighted by atomic mass is 10.4. The second kappa shape index (κ2) is 5.54. The van der Waals surface area contributed by atoms with Gasteiger partial charge in [0, 0.05) is 7.92 Å². The predicted octanol–water partition coefficient (Wildman–Crippen LogP) is -0.185. The van der Waals surface area contributed by atoms with E-state index < -0.39 is 7.92 Å². The van der Waals surface area contributed by atoms with Gasteiger partial charge in [-0.05, 0) is 27.9 Å². The summed E-state index contributed by atoms with van der Waals surface area (Å²) in [7, 11) is -0.873. The van der Waals surface area contributed by atoms with E-state index in [4.69, 9.17) is 0 Å². The third kappa shape index (κ3) is 2.58. The molecule has 0 amide bonds. The Balaban J connectivity index is 2.12. The average Bonchev–Trinajstić information content (AvgIpc) is 2.51. The van der Waals surface area contributed by atoms with Crippen LogP contribution in [0.2, 0.25) is 0 Å². The Bertz CT molecular complexity index is 540. The van der Waals surface area contributed by atoms with E-state index in [9.17, 15) is 0 Å². The van der Waals surface area contributed by atoms with Crippen molar-refractivity contribution in [2.75, 3.05) is 0 Å². The molecule has 0 aliphatic heterocycles. The predicted molar refractivity (Wildman–Crippen MR) is 71.9 cm³/mol. The molecule has 0 saturated carbocycles. The fourth-order valence-corrected chi connectivity index (χ4v) is 3.59. The first kappa shape index (κ1) is 11.7. The van der Waals surface area contributed by atoms with Crippen LogP contribution in [-0.4, -0.2) is 30.8 Å². The smallest absolute Gasteiger partial charge is 0.0997 e. The summed E-state index contributed by atoms with van der Waals surface area (Å²) in [6.07, 6.45) is 3.27. The van der Waals surface area contributed by atoms with Crippen LogP contribution in [0, 0.1) is 0 Å². The molecular formula is C12H9N6P. The number of benzene rings is 1. The van der Waals surface area contributed by atoms with Crippen molar-refractivity contribution < 1.29 is 0 Å². The normalized spacial score (nSPS) is 10.6. The second-order valence-corrected chi connectivity index (χ2v) is 5.73. The summed E-state index contributed by atoms with van der Waals surface area (Å²) in [6.45, 7) is 0. The van der Waals surface area contributed by atoms with Gasteiger partial charge in [-0.15, -0.1) is 20.4 Å². The highest BCUT2D eigenvalue weighted by molar-refractivity contribution is 7.79. The average molecular weight is 268 g/mol. The van der Waals surface area contributed by atoms with Crippen LogP contribution in [0.4, 0.5) is 0 Å². The summed E-state index contributed by atoms with van der Waals surface area (Å²) in [4.78, 5) is 0. The highest BCUT2D eigenvalue weighted by Gasteiger charge is 2.19. The Labute approximate surface area is 110 Å². The molecule has 2 aromatic heterocycles. The van der Waals surface area contributed by atoms with Gasteiger partial charge in [0.1, 0.15) is 0 Å². The fraction of sp³-hybridized carbons (Fsp3) is 0. The molecule has 0 aliphatic carbocycles. The summed E-state index contributed by atoms with van der Waals surface area (Å²) in [5.41, 5.74) is 1.69. The van der Waals surface area contributed by atoms with E-state index in [1.807, 2.05) is 30.3 Å². The van der Waals surface area contributed by atoms with Crippen molar-refractivity contribution in [2.24, 2.45) is 0 Å². The molecule has 3 aromatic rings. The highest BCUT2D eigenvalue weighted by Crippen LogP contribution is 2.29. The number of hydrogen-bond donors (Lipinski definition) is 0. The monoisotopic (exact) mass is 268 g/mol. The van der Waals surface area contributed by atoms with E-state index in [0.29, 0.717) is 0 Å². The standard InChI is InChI=1S/C12H9N6P/c1-2-4-10(5-3-1)19(11-6-8-13-17-15-11)12-7-9-14-18-16-12/h1-9H. The topological polar surface area (TPSA) is 77.3 Å². The summed E-state index contributed by atoms with van der Waals surface area (Å²) >= 11 is 0. The van der Waals surface area contributed by atoms with E-state index in [-0.39, 0.29) is 0 Å². The summed E-state index contributed by atoms with van der Waals surface area (Å²) < 4.78 is 0. The SMILES string of the molecule is c1ccc(P(c2ccnnn2)c2ccnnn2)cc1. The van der Waals surface area contributed by atoms with Gasteiger partial charge in [0.25, 0.3) is 0 Å². The molecule has 0 spiro atoms. The van der Waals surface area contributed by atoms with E-state index >= 15 is 0 Å². The van der Waals surface area contributed by atoms with E-state index in [2.05, 4.69) is 43.0 Å². The molecule has 7 heteroatoms. The zero-order valence-electron chi connectivity index (χ0n) is 9.83. The zero-order chi connectivity index (χ0) is 12.9. The van der Waals surface area contributed by atoms with Gasteiger partial charge in [-0.2, -0.15) is 0 Å². The Morgan fingerprint density at radius 3 is 1.74 bits per heavy atom. The van der Waals surface area contributed by atoms with Crippen molar-refractivity contribution in [3.63, 3.8) is 0 Å². The van der Waals surface area contributed by atoms with Crippen LogP contribution in [0.1, 0.15) is 0 Å². The van der Waals surface area contributed by atoms with Crippen LogP contribution >= 0.6 is 7.92 Å². The van der Waals surface area contributed by atoms with Crippen molar-refractivity contribution in [1.29, 1.82) is 0 Å². The van der Waals surface area contributed by atoms with E-state index in [0.717, 1.165) is 16.2 Å². The zero-order valence-corrected chi connectivity index (χ0v) is 10.7. The molecule has 0 fully saturated rings. The first-order chi connectivity index (χ1) is 9.45. The third-order valence-electron chi connectivity index (χ3n) is 2.45. The first-order valence-electron chi connectivity index (χ1n) is 5.59. The summed E-state index contributed by atoms with van der Waals surface area (Å²) in [6, 6.07) is 13.8. The molecule has 0 radical (unpaired) electrons. The molecule has 0 bridgehead atoms. The molecule has 0 N–H and O–H groups in total. The lowest BCUT2D eigenvalue weighted by Crippen LogP contribution is -2.26. The van der Waals surface area contributed by atoms with Crippen LogP contribution in [0.3, 0.4) is 0 Å². The van der Waals surface area contributed by atoms with E-state index in [1.165, 1.54) is 0 Å². The Morgan fingerprint density at radius 2 is 1.26 bits per heavy atom. The van der Waals surface area contributed by atoms with Crippen LogP contribution < -0.4 is 16.2 Å². The molecule has 6 nitrogen and oxygen atoms in total. The van der Waals surface area contributed by atoms with Crippen molar-refractivity contribution in [2.45, 2.75) is 0 Å². The van der Waals surface area contributed by atoms with Crippen LogP contribution in [0.5, 0.6) is 0 Å². The van der Waals surface area contributed by atoms with Crippen LogP contribution in [0.15, 0.2) is 54.9 Å². The Kier molecular flexibility index (Phi) is 3.42. The number of nitrogens with zero attached hydrogens (tertiary/aromatic N) is 6. The second-order valence-electron chi connectivity index (χ2n) is 3.63. The largest absolute Gasteiger partial charge is 0.139 e. The minimum atomic E-state index is -0.873.